The van der Waals surface area contributed by atoms with Gasteiger partial charge in [-0.2, -0.15) is 4.98 Å². The zero-order valence-corrected chi connectivity index (χ0v) is 15.8. The lowest BCUT2D eigenvalue weighted by molar-refractivity contribution is -0.272. The maximum absolute atomic E-state index is 11.1. The molecule has 0 aliphatic carbocycles. The number of halogens is 1. The minimum absolute atomic E-state index is 0.104. The van der Waals surface area contributed by atoms with Gasteiger partial charge in [-0.05, 0) is 31.0 Å². The summed E-state index contributed by atoms with van der Waals surface area (Å²) < 4.78 is 0. The Morgan fingerprint density at radius 2 is 1.68 bits per heavy atom. The minimum Gasteiger partial charge on any atom is -0.478 e. The third kappa shape index (κ3) is 4.10. The number of hydrogen-bond donors (Lipinski definition) is 4. The number of quaternary nitrogens is 1. The average Bonchev–Trinajstić information content (AvgIpc) is 2.61. The number of carboxylic acids is 1. The van der Waals surface area contributed by atoms with Crippen molar-refractivity contribution in [1.29, 1.82) is 0 Å². The first-order valence-electron chi connectivity index (χ1n) is 8.25. The van der Waals surface area contributed by atoms with Crippen LogP contribution < -0.4 is 10.3 Å². The number of aryl methyl sites for hydroxylation is 2. The van der Waals surface area contributed by atoms with Gasteiger partial charge in [0.1, 0.15) is 5.15 Å². The Morgan fingerprint density at radius 3 is 2.32 bits per heavy atom. The van der Waals surface area contributed by atoms with E-state index in [1.165, 1.54) is 18.2 Å². The Kier molecular flexibility index (Phi) is 5.30. The maximum Gasteiger partial charge on any atom is 0.335 e. The van der Waals surface area contributed by atoms with Crippen molar-refractivity contribution in [3.63, 3.8) is 0 Å². The van der Waals surface area contributed by atoms with Gasteiger partial charge in [-0.15, -0.1) is 15.8 Å². The lowest BCUT2D eigenvalue weighted by atomic mass is 10.00. The van der Waals surface area contributed by atoms with Crippen LogP contribution in [0.15, 0.2) is 48.5 Å². The van der Waals surface area contributed by atoms with Crippen molar-refractivity contribution in [2.24, 2.45) is 0 Å². The van der Waals surface area contributed by atoms with Gasteiger partial charge in [0.2, 0.25) is 5.69 Å². The van der Waals surface area contributed by atoms with Crippen LogP contribution in [0, 0.1) is 13.8 Å². The molecule has 0 radical (unpaired) electrons. The predicted molar refractivity (Wildman–Crippen MR) is 104 cm³/mol. The molecule has 0 fully saturated rings. The summed E-state index contributed by atoms with van der Waals surface area (Å²) in [5, 5.41) is 29.9. The van der Waals surface area contributed by atoms with Crippen molar-refractivity contribution in [3.8, 4) is 11.3 Å². The molecule has 0 saturated carbocycles. The lowest BCUT2D eigenvalue weighted by Crippen LogP contribution is -2.48. The van der Waals surface area contributed by atoms with Crippen molar-refractivity contribution in [2.75, 3.05) is 5.43 Å². The summed E-state index contributed by atoms with van der Waals surface area (Å²) in [7, 11) is 0. The molecule has 0 saturated heterocycles. The third-order valence-electron chi connectivity index (χ3n) is 4.14. The molecule has 0 aliphatic heterocycles. The fraction of sp³-hybridized carbons (Fsp3) is 0.105. The Balaban J connectivity index is 2.00. The molecular weight excluding hydrogens is 384 g/mol. The molecule has 1 heterocycles. The topological polar surface area (TPSA) is 116 Å². The highest BCUT2D eigenvalue weighted by molar-refractivity contribution is 6.29. The molecule has 0 spiro atoms. The second-order valence-corrected chi connectivity index (χ2v) is 6.62. The van der Waals surface area contributed by atoms with Crippen LogP contribution in [-0.4, -0.2) is 31.5 Å². The van der Waals surface area contributed by atoms with E-state index in [1.807, 2.05) is 32.0 Å². The number of rotatable bonds is 5. The van der Waals surface area contributed by atoms with Crippen LogP contribution in [0.25, 0.3) is 11.3 Å². The number of aromatic carboxylic acids is 1. The van der Waals surface area contributed by atoms with E-state index in [0.29, 0.717) is 5.69 Å². The molecule has 0 unspecified atom stereocenters. The number of anilines is 1. The highest BCUT2D eigenvalue weighted by Gasteiger charge is 2.30. The second kappa shape index (κ2) is 7.53. The number of nitrogens with one attached hydrogen (secondary N) is 1. The number of carbonyl (C=O) groups is 1. The first-order valence-corrected chi connectivity index (χ1v) is 8.63. The monoisotopic (exact) mass is 401 g/mol. The van der Waals surface area contributed by atoms with E-state index in [2.05, 4.69) is 15.4 Å². The SMILES string of the molecule is Cc1cccc(C)c1-c1cc(Cl)nc(N[N+](O)(O)c2cccc(C(=O)O)c2)n1. The lowest BCUT2D eigenvalue weighted by Gasteiger charge is -2.20. The summed E-state index contributed by atoms with van der Waals surface area (Å²) in [5.74, 6) is -1.34. The van der Waals surface area contributed by atoms with Crippen molar-refractivity contribution in [3.05, 3.63) is 70.4 Å². The summed E-state index contributed by atoms with van der Waals surface area (Å²) in [6, 6.07) is 12.6. The van der Waals surface area contributed by atoms with Crippen LogP contribution in [0.1, 0.15) is 21.5 Å². The third-order valence-corrected chi connectivity index (χ3v) is 4.33. The summed E-state index contributed by atoms with van der Waals surface area (Å²) in [5.41, 5.74) is 5.42. The smallest absolute Gasteiger partial charge is 0.335 e. The van der Waals surface area contributed by atoms with E-state index < -0.39 is 10.9 Å². The van der Waals surface area contributed by atoms with E-state index in [9.17, 15) is 15.2 Å². The normalized spacial score (nSPS) is 11.3. The van der Waals surface area contributed by atoms with Crippen molar-refractivity contribution < 1.29 is 20.3 Å². The van der Waals surface area contributed by atoms with Crippen LogP contribution in [0.3, 0.4) is 0 Å². The van der Waals surface area contributed by atoms with Gasteiger partial charge < -0.3 is 5.11 Å². The van der Waals surface area contributed by atoms with Gasteiger partial charge in [-0.25, -0.2) is 9.78 Å². The van der Waals surface area contributed by atoms with Gasteiger partial charge in [-0.1, -0.05) is 35.9 Å². The van der Waals surface area contributed by atoms with Gasteiger partial charge in [-0.3, -0.25) is 0 Å². The molecule has 2 aromatic carbocycles. The average molecular weight is 402 g/mol. The molecule has 0 atom stereocenters. The van der Waals surface area contributed by atoms with Crippen LogP contribution in [-0.2, 0) is 0 Å². The minimum atomic E-state index is -1.85. The number of hydrogen-bond acceptors (Lipinski definition) is 6. The maximum atomic E-state index is 11.1. The molecule has 0 amide bonds. The number of aromatic nitrogens is 2. The van der Waals surface area contributed by atoms with Gasteiger partial charge in [0, 0.05) is 23.8 Å². The van der Waals surface area contributed by atoms with Crippen LogP contribution in [0.2, 0.25) is 5.15 Å². The number of nitrogens with zero attached hydrogens (tertiary/aromatic N) is 3. The quantitative estimate of drug-likeness (QED) is 0.287. The zero-order valence-electron chi connectivity index (χ0n) is 15.1. The molecule has 8 nitrogen and oxygen atoms in total. The standard InChI is InChI=1S/C19H17ClN4O4/c1-11-5-3-6-12(2)17(11)15-10-16(20)22-19(21-15)23-24(27,28)14-8-4-7-13(9-14)18(25)26/h3-10,27-28H,1-2H3,(H-,21,22,23,25,26)/p+1. The van der Waals surface area contributed by atoms with E-state index in [1.54, 1.807) is 6.07 Å². The first kappa shape index (κ1) is 19.7. The highest BCUT2D eigenvalue weighted by atomic mass is 35.5. The Morgan fingerprint density at radius 1 is 1.04 bits per heavy atom. The van der Waals surface area contributed by atoms with E-state index in [0.717, 1.165) is 22.8 Å². The highest BCUT2D eigenvalue weighted by Crippen LogP contribution is 2.29. The van der Waals surface area contributed by atoms with E-state index >= 15 is 0 Å². The fourth-order valence-electron chi connectivity index (χ4n) is 2.85. The van der Waals surface area contributed by atoms with Gasteiger partial charge in [0.05, 0.1) is 16.2 Å². The summed E-state index contributed by atoms with van der Waals surface area (Å²) >= 11 is 6.11. The molecule has 4 N–H and O–H groups in total. The molecule has 1 aromatic heterocycles. The first-order chi connectivity index (χ1) is 13.2. The second-order valence-electron chi connectivity index (χ2n) is 6.23. The van der Waals surface area contributed by atoms with Crippen LogP contribution in [0.5, 0.6) is 0 Å². The van der Waals surface area contributed by atoms with Crippen LogP contribution in [0.4, 0.5) is 11.6 Å². The molecule has 3 rings (SSSR count). The molecule has 3 aromatic rings. The molecule has 28 heavy (non-hydrogen) atoms. The predicted octanol–water partition coefficient (Wildman–Crippen LogP) is 4.22. The van der Waals surface area contributed by atoms with Crippen molar-refractivity contribution in [2.45, 2.75) is 13.8 Å². The number of benzene rings is 2. The van der Waals surface area contributed by atoms with E-state index in [4.69, 9.17) is 16.7 Å². The molecule has 0 bridgehead atoms. The Bertz CT molecular complexity index is 1040. The summed E-state index contributed by atoms with van der Waals surface area (Å²) in [4.78, 5) is 17.6. The molecule has 9 heteroatoms. The van der Waals surface area contributed by atoms with Gasteiger partial charge in [0.15, 0.2) is 0 Å². The number of carboxylic acid groups (broad SMARTS) is 1. The van der Waals surface area contributed by atoms with Gasteiger partial charge >= 0.3 is 5.97 Å². The van der Waals surface area contributed by atoms with E-state index in [-0.39, 0.29) is 22.4 Å². The van der Waals surface area contributed by atoms with Gasteiger partial charge in [0.25, 0.3) is 5.95 Å². The molecule has 144 valence electrons. The van der Waals surface area contributed by atoms with Crippen molar-refractivity contribution in [1.82, 2.24) is 14.9 Å². The zero-order chi connectivity index (χ0) is 20.5. The Hall–Kier alpha value is -3.04. The van der Waals surface area contributed by atoms with Crippen molar-refractivity contribution >= 4 is 29.2 Å². The molecular formula is C19H18ClN4O4+. The fourth-order valence-corrected chi connectivity index (χ4v) is 3.03. The summed E-state index contributed by atoms with van der Waals surface area (Å²) in [6.45, 7) is 3.86. The van der Waals surface area contributed by atoms with Crippen LogP contribution >= 0.6 is 11.6 Å². The largest absolute Gasteiger partial charge is 0.478 e. The molecule has 0 aliphatic rings. The Labute approximate surface area is 165 Å². The summed E-state index contributed by atoms with van der Waals surface area (Å²) in [6.07, 6.45) is 0.